The van der Waals surface area contributed by atoms with Crippen molar-refractivity contribution in [1.29, 1.82) is 0 Å². The van der Waals surface area contributed by atoms with Crippen LogP contribution in [0.1, 0.15) is 11.1 Å². The molecular formula is C15H11F5N2OS. The van der Waals surface area contributed by atoms with Crippen molar-refractivity contribution in [3.05, 3.63) is 59.7 Å². The quantitative estimate of drug-likeness (QED) is 0.739. The predicted molar refractivity (Wildman–Crippen MR) is 83.4 cm³/mol. The van der Waals surface area contributed by atoms with Gasteiger partial charge >= 0.3 is 10.2 Å². The van der Waals surface area contributed by atoms with Gasteiger partial charge in [0.25, 0.3) is 0 Å². The van der Waals surface area contributed by atoms with Gasteiger partial charge in [-0.25, -0.2) is 0 Å². The molecule has 0 fully saturated rings. The number of carbonyl (C=O) groups excluding carboxylic acids is 1. The summed E-state index contributed by atoms with van der Waals surface area (Å²) in [6, 6.07) is 9.54. The van der Waals surface area contributed by atoms with E-state index in [4.69, 9.17) is 0 Å². The minimum absolute atomic E-state index is 0.00528. The van der Waals surface area contributed by atoms with E-state index in [2.05, 4.69) is 10.3 Å². The van der Waals surface area contributed by atoms with E-state index in [1.165, 1.54) is 0 Å². The first kappa shape index (κ1) is 16.4. The molecule has 1 aliphatic heterocycles. The largest absolute Gasteiger partial charge is 0.324 e. The lowest BCUT2D eigenvalue weighted by Gasteiger charge is -2.40. The smallest absolute Gasteiger partial charge is 0.310 e. The minimum Gasteiger partial charge on any atom is -0.324 e. The van der Waals surface area contributed by atoms with Crippen LogP contribution in [0.25, 0.3) is 0 Å². The lowest BCUT2D eigenvalue weighted by molar-refractivity contribution is -0.114. The summed E-state index contributed by atoms with van der Waals surface area (Å²) in [6.45, 7) is -0.315. The van der Waals surface area contributed by atoms with Crippen molar-refractivity contribution in [2.75, 3.05) is 11.9 Å². The van der Waals surface area contributed by atoms with E-state index >= 15 is 0 Å². The van der Waals surface area contributed by atoms with Crippen LogP contribution in [0.3, 0.4) is 0 Å². The summed E-state index contributed by atoms with van der Waals surface area (Å²) in [5.74, 6) is -0.540. The van der Waals surface area contributed by atoms with Crippen molar-refractivity contribution >= 4 is 27.5 Å². The fourth-order valence-electron chi connectivity index (χ4n) is 2.34. The molecular weight excluding hydrogens is 351 g/mol. The molecule has 24 heavy (non-hydrogen) atoms. The topological polar surface area (TPSA) is 41.5 Å². The van der Waals surface area contributed by atoms with Gasteiger partial charge in [-0.15, -0.1) is 0 Å². The van der Waals surface area contributed by atoms with Crippen molar-refractivity contribution in [3.63, 3.8) is 0 Å². The van der Waals surface area contributed by atoms with Crippen LogP contribution in [0.15, 0.2) is 58.4 Å². The van der Waals surface area contributed by atoms with Crippen molar-refractivity contribution in [2.24, 2.45) is 4.99 Å². The van der Waals surface area contributed by atoms with Gasteiger partial charge in [0.1, 0.15) is 11.4 Å². The van der Waals surface area contributed by atoms with Crippen LogP contribution in [-0.2, 0) is 4.79 Å². The molecule has 0 unspecified atom stereocenters. The first-order valence-electron chi connectivity index (χ1n) is 6.72. The molecule has 0 aromatic heterocycles. The van der Waals surface area contributed by atoms with Crippen LogP contribution < -0.4 is 5.32 Å². The third kappa shape index (κ3) is 3.25. The number of hydrogen-bond acceptors (Lipinski definition) is 2. The Labute approximate surface area is 133 Å². The number of benzene rings is 2. The Kier molecular flexibility index (Phi) is 3.13. The number of fused-ring (bicyclic) bond motifs is 1. The van der Waals surface area contributed by atoms with E-state index in [0.717, 1.165) is 6.07 Å². The third-order valence-electron chi connectivity index (χ3n) is 3.39. The monoisotopic (exact) mass is 362 g/mol. The van der Waals surface area contributed by atoms with Crippen LogP contribution >= 0.6 is 10.2 Å². The first-order valence-corrected chi connectivity index (χ1v) is 8.67. The molecule has 128 valence electrons. The third-order valence-corrected chi connectivity index (χ3v) is 4.54. The molecule has 3 rings (SSSR count). The van der Waals surface area contributed by atoms with Gasteiger partial charge < -0.3 is 5.32 Å². The van der Waals surface area contributed by atoms with Gasteiger partial charge in [-0.2, -0.15) is 0 Å². The lowest BCUT2D eigenvalue weighted by atomic mass is 10.0. The second kappa shape index (κ2) is 4.56. The Morgan fingerprint density at radius 2 is 1.62 bits per heavy atom. The van der Waals surface area contributed by atoms with E-state index in [1.807, 2.05) is 0 Å². The molecule has 0 radical (unpaired) electrons. The number of carbonyl (C=O) groups is 1. The normalized spacial score (nSPS) is 17.7. The molecule has 0 saturated heterocycles. The van der Waals surface area contributed by atoms with Crippen molar-refractivity contribution in [2.45, 2.75) is 4.90 Å². The van der Waals surface area contributed by atoms with E-state index in [1.54, 1.807) is 30.3 Å². The highest BCUT2D eigenvalue weighted by molar-refractivity contribution is 8.45. The zero-order chi connectivity index (χ0) is 17.7. The van der Waals surface area contributed by atoms with Gasteiger partial charge in [0, 0.05) is 11.1 Å². The van der Waals surface area contributed by atoms with Crippen LogP contribution in [0.4, 0.5) is 25.1 Å². The first-order chi connectivity index (χ1) is 10.9. The summed E-state index contributed by atoms with van der Waals surface area (Å²) in [7, 11) is -9.84. The number of amides is 1. The molecule has 2 aromatic carbocycles. The number of hydrogen-bond donors (Lipinski definition) is 1. The van der Waals surface area contributed by atoms with Crippen molar-refractivity contribution in [3.8, 4) is 0 Å². The molecule has 1 aliphatic rings. The van der Waals surface area contributed by atoms with Crippen LogP contribution in [0.2, 0.25) is 0 Å². The van der Waals surface area contributed by atoms with Crippen molar-refractivity contribution < 1.29 is 24.2 Å². The molecule has 1 heterocycles. The molecule has 9 heteroatoms. The minimum atomic E-state index is -9.84. The average Bonchev–Trinajstić information content (AvgIpc) is 2.63. The Balaban J connectivity index is 2.26. The maximum Gasteiger partial charge on any atom is 0.310 e. The van der Waals surface area contributed by atoms with Crippen LogP contribution in [-0.4, -0.2) is 18.2 Å². The number of halogens is 5. The van der Waals surface area contributed by atoms with Gasteiger partial charge in [-0.1, -0.05) is 49.8 Å². The number of rotatable bonds is 2. The zero-order valence-corrected chi connectivity index (χ0v) is 12.8. The zero-order valence-electron chi connectivity index (χ0n) is 12.0. The number of benzodiazepines with no additional fused rings is 1. The molecule has 0 saturated carbocycles. The maximum atomic E-state index is 13.1. The molecule has 1 amide bonds. The standard InChI is InChI=1S/C15H11F5N2OS/c16-24(17,18,19,20)11-6-7-13-12(8-11)15(21-9-14(23)22-13)10-4-2-1-3-5-10/h1-8H,9H2,(H,22,23). The number of nitrogens with one attached hydrogen (secondary N) is 1. The van der Waals surface area contributed by atoms with Gasteiger partial charge in [0.2, 0.25) is 5.91 Å². The summed E-state index contributed by atoms with van der Waals surface area (Å²) in [5, 5.41) is 2.37. The van der Waals surface area contributed by atoms with Gasteiger partial charge in [0.05, 0.1) is 11.4 Å². The van der Waals surface area contributed by atoms with E-state index < -0.39 is 21.0 Å². The van der Waals surface area contributed by atoms with Crippen molar-refractivity contribution in [1.82, 2.24) is 0 Å². The molecule has 2 aromatic rings. The maximum absolute atomic E-state index is 13.1. The highest BCUT2D eigenvalue weighted by Gasteiger charge is 2.65. The number of aliphatic imine (C=N–C) groups is 1. The Morgan fingerprint density at radius 3 is 2.25 bits per heavy atom. The summed E-state index contributed by atoms with van der Waals surface area (Å²) in [6.07, 6.45) is 0. The molecule has 0 aliphatic carbocycles. The lowest BCUT2D eigenvalue weighted by Crippen LogP contribution is -2.14. The molecule has 0 spiro atoms. The Hall–Kier alpha value is -2.42. The highest BCUT2D eigenvalue weighted by Crippen LogP contribution is 3.02. The Morgan fingerprint density at radius 1 is 0.958 bits per heavy atom. The second-order valence-corrected chi connectivity index (χ2v) is 7.66. The molecule has 0 atom stereocenters. The van der Waals surface area contributed by atoms with E-state index in [-0.39, 0.29) is 29.6 Å². The van der Waals surface area contributed by atoms with E-state index in [0.29, 0.717) is 11.6 Å². The summed E-state index contributed by atoms with van der Waals surface area (Å²) in [5.41, 5.74) is 0.283. The SMILES string of the molecule is O=C1CN=C(c2ccccc2)c2cc(S(F)(F)(F)(F)F)ccc2N1. The highest BCUT2D eigenvalue weighted by atomic mass is 32.5. The fraction of sp³-hybridized carbons (Fsp3) is 0.0667. The summed E-state index contributed by atoms with van der Waals surface area (Å²) >= 11 is 0. The number of nitrogens with zero attached hydrogens (tertiary/aromatic N) is 1. The fourth-order valence-corrected chi connectivity index (χ4v) is 3.00. The second-order valence-electron chi connectivity index (χ2n) is 5.26. The molecule has 0 bridgehead atoms. The van der Waals surface area contributed by atoms with Crippen LogP contribution in [0.5, 0.6) is 0 Å². The van der Waals surface area contributed by atoms with Gasteiger partial charge in [0.15, 0.2) is 0 Å². The average molecular weight is 362 g/mol. The van der Waals surface area contributed by atoms with Gasteiger partial charge in [-0.05, 0) is 18.2 Å². The van der Waals surface area contributed by atoms with Crippen LogP contribution in [0, 0.1) is 0 Å². The summed E-state index contributed by atoms with van der Waals surface area (Å²) in [4.78, 5) is 13.6. The van der Waals surface area contributed by atoms with Gasteiger partial charge in [-0.3, -0.25) is 9.79 Å². The summed E-state index contributed by atoms with van der Waals surface area (Å²) < 4.78 is 65.5. The molecule has 1 N–H and O–H groups in total. The number of anilines is 1. The Bertz CT molecular complexity index is 863. The van der Waals surface area contributed by atoms with E-state index in [9.17, 15) is 24.2 Å². The molecule has 3 nitrogen and oxygen atoms in total. The predicted octanol–water partition coefficient (Wildman–Crippen LogP) is 5.13.